The first kappa shape index (κ1) is 16.1. The Hall–Kier alpha value is -2.28. The van der Waals surface area contributed by atoms with Crippen LogP contribution in [-0.2, 0) is 4.74 Å². The number of halogens is 4. The highest BCUT2D eigenvalue weighted by Crippen LogP contribution is 2.28. The highest BCUT2D eigenvalue weighted by molar-refractivity contribution is 6.32. The minimum atomic E-state index is -4.75. The van der Waals surface area contributed by atoms with Crippen molar-refractivity contribution in [1.29, 1.82) is 0 Å². The van der Waals surface area contributed by atoms with Gasteiger partial charge in [-0.25, -0.2) is 9.78 Å². The number of hydrogen-bond acceptors (Lipinski definition) is 4. The van der Waals surface area contributed by atoms with E-state index < -0.39 is 12.3 Å². The summed E-state index contributed by atoms with van der Waals surface area (Å²) in [7, 11) is 1.20. The number of nitrogens with zero attached hydrogens (tertiary/aromatic N) is 1. The van der Waals surface area contributed by atoms with Gasteiger partial charge in [-0.05, 0) is 23.8 Å². The lowest BCUT2D eigenvalue weighted by Gasteiger charge is -2.10. The molecule has 1 aromatic carbocycles. The standard InChI is InChI=1S/C14H9ClF3NO3/c1-21-13(20)11-6-9(7-19-12(11)15)8-2-4-10(5-3-8)22-14(16,17)18/h2-7H,1H3. The van der Waals surface area contributed by atoms with Gasteiger partial charge in [0.05, 0.1) is 12.7 Å². The number of pyridine rings is 1. The zero-order valence-electron chi connectivity index (χ0n) is 11.1. The number of esters is 1. The maximum atomic E-state index is 12.1. The van der Waals surface area contributed by atoms with Crippen molar-refractivity contribution in [3.8, 4) is 16.9 Å². The number of rotatable bonds is 3. The molecule has 0 saturated carbocycles. The van der Waals surface area contributed by atoms with Crippen molar-refractivity contribution >= 4 is 17.6 Å². The van der Waals surface area contributed by atoms with Gasteiger partial charge in [0.15, 0.2) is 0 Å². The van der Waals surface area contributed by atoms with E-state index in [1.807, 2.05) is 0 Å². The molecule has 8 heteroatoms. The van der Waals surface area contributed by atoms with E-state index in [1.165, 1.54) is 31.5 Å². The SMILES string of the molecule is COC(=O)c1cc(-c2ccc(OC(F)(F)F)cc2)cnc1Cl. The van der Waals surface area contributed by atoms with Gasteiger partial charge < -0.3 is 9.47 Å². The van der Waals surface area contributed by atoms with Crippen LogP contribution in [0.25, 0.3) is 11.1 Å². The molecule has 0 fully saturated rings. The van der Waals surface area contributed by atoms with Gasteiger partial charge in [-0.3, -0.25) is 0 Å². The molecular formula is C14H9ClF3NO3. The van der Waals surface area contributed by atoms with Crippen LogP contribution in [0, 0.1) is 0 Å². The number of carbonyl (C=O) groups excluding carboxylic acids is 1. The minimum Gasteiger partial charge on any atom is -0.465 e. The van der Waals surface area contributed by atoms with Crippen molar-refractivity contribution in [1.82, 2.24) is 4.98 Å². The Balaban J connectivity index is 2.31. The number of hydrogen-bond donors (Lipinski definition) is 0. The molecule has 0 saturated heterocycles. The maximum absolute atomic E-state index is 12.1. The van der Waals surface area contributed by atoms with Crippen molar-refractivity contribution < 1.29 is 27.4 Å². The van der Waals surface area contributed by atoms with E-state index in [2.05, 4.69) is 14.5 Å². The molecule has 0 bridgehead atoms. The largest absolute Gasteiger partial charge is 0.573 e. The van der Waals surface area contributed by atoms with Crippen molar-refractivity contribution in [3.05, 3.63) is 47.2 Å². The predicted molar refractivity (Wildman–Crippen MR) is 72.7 cm³/mol. The molecule has 0 N–H and O–H groups in total. The Morgan fingerprint density at radius 2 is 1.82 bits per heavy atom. The van der Waals surface area contributed by atoms with Crippen LogP contribution in [0.2, 0.25) is 5.15 Å². The summed E-state index contributed by atoms with van der Waals surface area (Å²) in [5.41, 5.74) is 1.12. The molecule has 0 amide bonds. The minimum absolute atomic E-state index is 0.0207. The zero-order valence-corrected chi connectivity index (χ0v) is 11.9. The second-order valence-corrected chi connectivity index (χ2v) is 4.48. The van der Waals surface area contributed by atoms with E-state index in [4.69, 9.17) is 11.6 Å². The van der Waals surface area contributed by atoms with Crippen molar-refractivity contribution in [2.75, 3.05) is 7.11 Å². The van der Waals surface area contributed by atoms with Crippen molar-refractivity contribution in [2.24, 2.45) is 0 Å². The van der Waals surface area contributed by atoms with Crippen LogP contribution in [0.5, 0.6) is 5.75 Å². The number of aromatic nitrogens is 1. The molecule has 2 rings (SSSR count). The van der Waals surface area contributed by atoms with Crippen LogP contribution in [0.15, 0.2) is 36.5 Å². The van der Waals surface area contributed by atoms with Crippen LogP contribution in [0.4, 0.5) is 13.2 Å². The topological polar surface area (TPSA) is 48.4 Å². The molecule has 22 heavy (non-hydrogen) atoms. The van der Waals surface area contributed by atoms with Gasteiger partial charge in [-0.15, -0.1) is 13.2 Å². The van der Waals surface area contributed by atoms with Crippen LogP contribution < -0.4 is 4.74 Å². The molecule has 0 aliphatic rings. The Labute approximate surface area is 128 Å². The molecular weight excluding hydrogens is 323 g/mol. The number of ether oxygens (including phenoxy) is 2. The van der Waals surface area contributed by atoms with Gasteiger partial charge in [-0.2, -0.15) is 0 Å². The molecule has 0 atom stereocenters. The van der Waals surface area contributed by atoms with Gasteiger partial charge >= 0.3 is 12.3 Å². The maximum Gasteiger partial charge on any atom is 0.573 e. The Bertz CT molecular complexity index is 687. The molecule has 116 valence electrons. The fourth-order valence-electron chi connectivity index (χ4n) is 1.71. The summed E-state index contributed by atoms with van der Waals surface area (Å²) >= 11 is 5.80. The molecule has 0 aliphatic carbocycles. The second kappa shape index (κ2) is 6.23. The third-order valence-electron chi connectivity index (χ3n) is 2.67. The fraction of sp³-hybridized carbons (Fsp3) is 0.143. The fourth-order valence-corrected chi connectivity index (χ4v) is 1.89. The first-order valence-corrected chi connectivity index (χ1v) is 6.28. The molecule has 1 heterocycles. The van der Waals surface area contributed by atoms with E-state index in [-0.39, 0.29) is 16.5 Å². The molecule has 0 spiro atoms. The zero-order chi connectivity index (χ0) is 16.3. The van der Waals surface area contributed by atoms with Crippen LogP contribution in [0.1, 0.15) is 10.4 Å². The monoisotopic (exact) mass is 331 g/mol. The molecule has 0 aliphatic heterocycles. The summed E-state index contributed by atoms with van der Waals surface area (Å²) in [5, 5.41) is -0.0207. The van der Waals surface area contributed by atoms with Crippen LogP contribution in [-0.4, -0.2) is 24.4 Å². The normalized spacial score (nSPS) is 11.1. The summed E-state index contributed by atoms with van der Waals surface area (Å²) in [5.74, 6) is -0.997. The Morgan fingerprint density at radius 1 is 1.18 bits per heavy atom. The van der Waals surface area contributed by atoms with E-state index in [1.54, 1.807) is 0 Å². The summed E-state index contributed by atoms with van der Waals surface area (Å²) in [6.07, 6.45) is -3.35. The lowest BCUT2D eigenvalue weighted by molar-refractivity contribution is -0.274. The van der Waals surface area contributed by atoms with E-state index in [0.29, 0.717) is 11.1 Å². The quantitative estimate of drug-likeness (QED) is 0.628. The Morgan fingerprint density at radius 3 is 2.36 bits per heavy atom. The summed E-state index contributed by atoms with van der Waals surface area (Å²) in [6.45, 7) is 0. The second-order valence-electron chi connectivity index (χ2n) is 4.13. The summed E-state index contributed by atoms with van der Waals surface area (Å²) in [4.78, 5) is 15.4. The van der Waals surface area contributed by atoms with E-state index in [0.717, 1.165) is 12.1 Å². The highest BCUT2D eigenvalue weighted by Gasteiger charge is 2.30. The van der Waals surface area contributed by atoms with Gasteiger partial charge in [0, 0.05) is 11.8 Å². The average Bonchev–Trinajstić information content (AvgIpc) is 2.46. The number of benzene rings is 1. The Kier molecular flexibility index (Phi) is 4.56. The molecule has 0 radical (unpaired) electrons. The van der Waals surface area contributed by atoms with Gasteiger partial charge in [0.1, 0.15) is 10.9 Å². The van der Waals surface area contributed by atoms with Gasteiger partial charge in [-0.1, -0.05) is 23.7 Å². The third-order valence-corrected chi connectivity index (χ3v) is 2.97. The van der Waals surface area contributed by atoms with Crippen molar-refractivity contribution in [3.63, 3.8) is 0 Å². The van der Waals surface area contributed by atoms with E-state index >= 15 is 0 Å². The smallest absolute Gasteiger partial charge is 0.465 e. The van der Waals surface area contributed by atoms with Crippen LogP contribution in [0.3, 0.4) is 0 Å². The lowest BCUT2D eigenvalue weighted by atomic mass is 10.1. The van der Waals surface area contributed by atoms with Crippen molar-refractivity contribution in [2.45, 2.75) is 6.36 Å². The highest BCUT2D eigenvalue weighted by atomic mass is 35.5. The molecule has 4 nitrogen and oxygen atoms in total. The number of methoxy groups -OCH3 is 1. The number of alkyl halides is 3. The van der Waals surface area contributed by atoms with Gasteiger partial charge in [0.25, 0.3) is 0 Å². The first-order chi connectivity index (χ1) is 10.3. The first-order valence-electron chi connectivity index (χ1n) is 5.90. The molecule has 1 aromatic heterocycles. The van der Waals surface area contributed by atoms with Crippen LogP contribution >= 0.6 is 11.6 Å². The van der Waals surface area contributed by atoms with Gasteiger partial charge in [0.2, 0.25) is 0 Å². The predicted octanol–water partition coefficient (Wildman–Crippen LogP) is 4.09. The third kappa shape index (κ3) is 3.88. The summed E-state index contributed by atoms with van der Waals surface area (Å²) in [6, 6.07) is 6.59. The lowest BCUT2D eigenvalue weighted by Crippen LogP contribution is -2.16. The summed E-state index contributed by atoms with van der Waals surface area (Å²) < 4.78 is 44.6. The van der Waals surface area contributed by atoms with E-state index in [9.17, 15) is 18.0 Å². The number of carbonyl (C=O) groups is 1. The molecule has 2 aromatic rings. The average molecular weight is 332 g/mol. The molecule has 0 unspecified atom stereocenters.